The highest BCUT2D eigenvalue weighted by Gasteiger charge is 2.09. The van der Waals surface area contributed by atoms with Crippen LogP contribution in [0.25, 0.3) is 5.69 Å². The van der Waals surface area contributed by atoms with Crippen LogP contribution in [0.4, 0.5) is 0 Å². The number of hydrogen-bond donors (Lipinski definition) is 1. The summed E-state index contributed by atoms with van der Waals surface area (Å²) in [6, 6.07) is 19.0. The Morgan fingerprint density at radius 2 is 1.36 bits per heavy atom. The van der Waals surface area contributed by atoms with Gasteiger partial charge in [0.15, 0.2) is 0 Å². The SMILES string of the molecule is Cc1ccc(C)n1-c1ccc(C(=O)NCc2ccc(C(=O)N(C)C)cc2)cc1. The molecule has 0 aliphatic rings. The molecular weight excluding hydrogens is 350 g/mol. The van der Waals surface area contributed by atoms with E-state index in [0.29, 0.717) is 17.7 Å². The van der Waals surface area contributed by atoms with Crippen molar-refractivity contribution in [2.45, 2.75) is 20.4 Å². The highest BCUT2D eigenvalue weighted by molar-refractivity contribution is 5.95. The second-order valence-corrected chi connectivity index (χ2v) is 7.08. The number of amides is 2. The van der Waals surface area contributed by atoms with Gasteiger partial charge in [0.05, 0.1) is 0 Å². The summed E-state index contributed by atoms with van der Waals surface area (Å²) in [4.78, 5) is 25.9. The Bertz CT molecular complexity index is 964. The van der Waals surface area contributed by atoms with Gasteiger partial charge in [0, 0.05) is 48.8 Å². The lowest BCUT2D eigenvalue weighted by Crippen LogP contribution is -2.23. The molecule has 0 saturated heterocycles. The monoisotopic (exact) mass is 375 g/mol. The first kappa shape index (κ1) is 19.4. The first-order valence-electron chi connectivity index (χ1n) is 9.21. The molecule has 0 spiro atoms. The van der Waals surface area contributed by atoms with Crippen molar-refractivity contribution in [3.63, 3.8) is 0 Å². The molecule has 0 fully saturated rings. The van der Waals surface area contributed by atoms with E-state index >= 15 is 0 Å². The summed E-state index contributed by atoms with van der Waals surface area (Å²) in [5.74, 6) is -0.162. The molecular formula is C23H25N3O2. The molecule has 144 valence electrons. The Kier molecular flexibility index (Phi) is 5.64. The number of aryl methyl sites for hydroxylation is 2. The molecule has 0 bridgehead atoms. The second-order valence-electron chi connectivity index (χ2n) is 7.08. The van der Waals surface area contributed by atoms with Crippen LogP contribution in [-0.2, 0) is 6.54 Å². The Morgan fingerprint density at radius 3 is 1.89 bits per heavy atom. The van der Waals surface area contributed by atoms with Gasteiger partial charge in [-0.2, -0.15) is 0 Å². The molecule has 0 saturated carbocycles. The first-order valence-corrected chi connectivity index (χ1v) is 9.21. The van der Waals surface area contributed by atoms with Gasteiger partial charge in [-0.15, -0.1) is 0 Å². The van der Waals surface area contributed by atoms with E-state index in [9.17, 15) is 9.59 Å². The van der Waals surface area contributed by atoms with Crippen LogP contribution in [-0.4, -0.2) is 35.4 Å². The summed E-state index contributed by atoms with van der Waals surface area (Å²) in [7, 11) is 3.45. The fourth-order valence-corrected chi connectivity index (χ4v) is 3.15. The quantitative estimate of drug-likeness (QED) is 0.739. The summed E-state index contributed by atoms with van der Waals surface area (Å²) in [6.07, 6.45) is 0. The number of carbonyl (C=O) groups is 2. The Labute approximate surface area is 165 Å². The van der Waals surface area contributed by atoms with Crippen molar-refractivity contribution in [2.24, 2.45) is 0 Å². The summed E-state index contributed by atoms with van der Waals surface area (Å²) >= 11 is 0. The van der Waals surface area contributed by atoms with E-state index in [2.05, 4.69) is 35.9 Å². The van der Waals surface area contributed by atoms with Gasteiger partial charge in [0.1, 0.15) is 0 Å². The maximum atomic E-state index is 12.4. The van der Waals surface area contributed by atoms with E-state index in [1.54, 1.807) is 26.2 Å². The molecule has 5 heteroatoms. The van der Waals surface area contributed by atoms with Crippen molar-refractivity contribution < 1.29 is 9.59 Å². The van der Waals surface area contributed by atoms with Crippen LogP contribution < -0.4 is 5.32 Å². The average Bonchev–Trinajstić information content (AvgIpc) is 3.04. The molecule has 0 unspecified atom stereocenters. The standard InChI is InChI=1S/C23H25N3O2/c1-16-5-6-17(2)26(16)21-13-11-19(12-14-21)22(27)24-15-18-7-9-20(10-8-18)23(28)25(3)4/h5-14H,15H2,1-4H3,(H,24,27). The van der Waals surface area contributed by atoms with Crippen LogP contribution in [0, 0.1) is 13.8 Å². The van der Waals surface area contributed by atoms with Gasteiger partial charge >= 0.3 is 0 Å². The van der Waals surface area contributed by atoms with Crippen molar-refractivity contribution in [1.29, 1.82) is 0 Å². The number of carbonyl (C=O) groups excluding carboxylic acids is 2. The third-order valence-electron chi connectivity index (χ3n) is 4.72. The molecule has 5 nitrogen and oxygen atoms in total. The first-order chi connectivity index (χ1) is 13.4. The molecule has 0 radical (unpaired) electrons. The second kappa shape index (κ2) is 8.13. The maximum Gasteiger partial charge on any atom is 0.253 e. The average molecular weight is 375 g/mol. The minimum absolute atomic E-state index is 0.0381. The van der Waals surface area contributed by atoms with E-state index in [-0.39, 0.29) is 11.8 Å². The molecule has 0 aliphatic carbocycles. The van der Waals surface area contributed by atoms with E-state index in [1.165, 1.54) is 4.90 Å². The van der Waals surface area contributed by atoms with Gasteiger partial charge in [-0.05, 0) is 67.9 Å². The highest BCUT2D eigenvalue weighted by Crippen LogP contribution is 2.17. The number of rotatable bonds is 5. The van der Waals surface area contributed by atoms with Crippen molar-refractivity contribution in [1.82, 2.24) is 14.8 Å². The summed E-state index contributed by atoms with van der Waals surface area (Å²) in [5.41, 5.74) is 5.55. The Morgan fingerprint density at radius 1 is 0.821 bits per heavy atom. The van der Waals surface area contributed by atoms with E-state index in [4.69, 9.17) is 0 Å². The molecule has 2 aromatic carbocycles. The molecule has 1 N–H and O–H groups in total. The van der Waals surface area contributed by atoms with Crippen LogP contribution in [0.1, 0.15) is 37.7 Å². The van der Waals surface area contributed by atoms with E-state index < -0.39 is 0 Å². The summed E-state index contributed by atoms with van der Waals surface area (Å²) in [5, 5.41) is 2.92. The number of nitrogens with one attached hydrogen (secondary N) is 1. The zero-order chi connectivity index (χ0) is 20.3. The Balaban J connectivity index is 1.63. The van der Waals surface area contributed by atoms with Crippen LogP contribution in [0.2, 0.25) is 0 Å². The van der Waals surface area contributed by atoms with Crippen LogP contribution in [0.15, 0.2) is 60.7 Å². The van der Waals surface area contributed by atoms with Crippen LogP contribution in [0.5, 0.6) is 0 Å². The lowest BCUT2D eigenvalue weighted by molar-refractivity contribution is 0.0827. The molecule has 2 amide bonds. The predicted molar refractivity (Wildman–Crippen MR) is 111 cm³/mol. The maximum absolute atomic E-state index is 12.4. The largest absolute Gasteiger partial charge is 0.348 e. The van der Waals surface area contributed by atoms with Crippen molar-refractivity contribution in [2.75, 3.05) is 14.1 Å². The number of aromatic nitrogens is 1. The third-order valence-corrected chi connectivity index (χ3v) is 4.72. The van der Waals surface area contributed by atoms with Gasteiger partial charge in [0.2, 0.25) is 0 Å². The van der Waals surface area contributed by atoms with Gasteiger partial charge < -0.3 is 14.8 Å². The number of nitrogens with zero attached hydrogens (tertiary/aromatic N) is 2. The minimum atomic E-state index is -0.124. The predicted octanol–water partition coefficient (Wildman–Crippen LogP) is 3.73. The molecule has 0 aliphatic heterocycles. The topological polar surface area (TPSA) is 54.3 Å². The molecule has 1 heterocycles. The minimum Gasteiger partial charge on any atom is -0.348 e. The smallest absolute Gasteiger partial charge is 0.253 e. The van der Waals surface area contributed by atoms with Crippen LogP contribution >= 0.6 is 0 Å². The van der Waals surface area contributed by atoms with Crippen molar-refractivity contribution in [3.8, 4) is 5.69 Å². The summed E-state index contributed by atoms with van der Waals surface area (Å²) in [6.45, 7) is 4.53. The molecule has 1 aromatic heterocycles. The van der Waals surface area contributed by atoms with Crippen molar-refractivity contribution >= 4 is 11.8 Å². The van der Waals surface area contributed by atoms with Gasteiger partial charge in [-0.3, -0.25) is 9.59 Å². The Hall–Kier alpha value is -3.34. The van der Waals surface area contributed by atoms with Crippen molar-refractivity contribution in [3.05, 3.63) is 88.7 Å². The fraction of sp³-hybridized carbons (Fsp3) is 0.217. The molecule has 28 heavy (non-hydrogen) atoms. The van der Waals surface area contributed by atoms with Crippen LogP contribution in [0.3, 0.4) is 0 Å². The van der Waals surface area contributed by atoms with Gasteiger partial charge in [0.25, 0.3) is 11.8 Å². The summed E-state index contributed by atoms with van der Waals surface area (Å²) < 4.78 is 2.15. The lowest BCUT2D eigenvalue weighted by atomic mass is 10.1. The fourth-order valence-electron chi connectivity index (χ4n) is 3.15. The molecule has 0 atom stereocenters. The van der Waals surface area contributed by atoms with Gasteiger partial charge in [-0.25, -0.2) is 0 Å². The van der Waals surface area contributed by atoms with E-state index in [0.717, 1.165) is 22.6 Å². The normalized spacial score (nSPS) is 10.6. The number of hydrogen-bond acceptors (Lipinski definition) is 2. The van der Waals surface area contributed by atoms with Gasteiger partial charge in [-0.1, -0.05) is 12.1 Å². The van der Waals surface area contributed by atoms with E-state index in [1.807, 2.05) is 36.4 Å². The molecule has 3 aromatic rings. The molecule has 3 rings (SSSR count). The number of benzene rings is 2. The zero-order valence-corrected chi connectivity index (χ0v) is 16.7. The highest BCUT2D eigenvalue weighted by atomic mass is 16.2. The lowest BCUT2D eigenvalue weighted by Gasteiger charge is -2.11. The zero-order valence-electron chi connectivity index (χ0n) is 16.7. The third kappa shape index (κ3) is 4.14.